The van der Waals surface area contributed by atoms with Gasteiger partial charge in [-0.15, -0.1) is 0 Å². The van der Waals surface area contributed by atoms with Crippen LogP contribution in [-0.4, -0.2) is 47.0 Å². The first-order valence-electron chi connectivity index (χ1n) is 10.0. The molecule has 1 fully saturated rings. The summed E-state index contributed by atoms with van der Waals surface area (Å²) in [4.78, 5) is 25.5. The highest BCUT2D eigenvalue weighted by molar-refractivity contribution is 9.10. The molecule has 9 heteroatoms. The number of amides is 1. The summed E-state index contributed by atoms with van der Waals surface area (Å²) in [5.41, 5.74) is 0.863. The highest BCUT2D eigenvalue weighted by Gasteiger charge is 2.31. The zero-order valence-electron chi connectivity index (χ0n) is 17.2. The first kappa shape index (κ1) is 22.3. The standard InChI is InChI=1S/C23H20BrF3N4O/c1-15-12-20(29-21(28-15)16-4-2-6-18(13-16)23(25,26)27)30-8-10-31(11-9-30)22(32)17-5-3-7-19(24)14-17/h2-7,12-14H,8-11H2,1H3. The quantitative estimate of drug-likeness (QED) is 0.492. The second kappa shape index (κ2) is 8.90. The number of hydrogen-bond donors (Lipinski definition) is 0. The number of aryl methyl sites for hydroxylation is 1. The van der Waals surface area contributed by atoms with E-state index in [1.807, 2.05) is 23.1 Å². The van der Waals surface area contributed by atoms with Gasteiger partial charge in [0.2, 0.25) is 0 Å². The fourth-order valence-corrected chi connectivity index (χ4v) is 4.02. The average Bonchev–Trinajstić information content (AvgIpc) is 2.78. The topological polar surface area (TPSA) is 49.3 Å². The van der Waals surface area contributed by atoms with Crippen molar-refractivity contribution in [2.45, 2.75) is 13.1 Å². The average molecular weight is 505 g/mol. The lowest BCUT2D eigenvalue weighted by Gasteiger charge is -2.35. The zero-order valence-corrected chi connectivity index (χ0v) is 18.8. The minimum absolute atomic E-state index is 0.0329. The number of alkyl halides is 3. The Bertz CT molecular complexity index is 1140. The molecule has 0 spiro atoms. The van der Waals surface area contributed by atoms with E-state index in [1.165, 1.54) is 6.07 Å². The van der Waals surface area contributed by atoms with Gasteiger partial charge in [0.05, 0.1) is 5.56 Å². The van der Waals surface area contributed by atoms with Crippen LogP contribution in [0.25, 0.3) is 11.4 Å². The minimum atomic E-state index is -4.43. The number of halogens is 4. The minimum Gasteiger partial charge on any atom is -0.353 e. The predicted octanol–water partition coefficient (Wildman–Crippen LogP) is 5.20. The van der Waals surface area contributed by atoms with Gasteiger partial charge in [0.1, 0.15) is 5.82 Å². The fourth-order valence-electron chi connectivity index (χ4n) is 3.62. The Morgan fingerprint density at radius 1 is 0.969 bits per heavy atom. The monoisotopic (exact) mass is 504 g/mol. The Labute approximate surface area is 192 Å². The molecule has 2 aromatic carbocycles. The number of anilines is 1. The lowest BCUT2D eigenvalue weighted by molar-refractivity contribution is -0.137. The Hall–Kier alpha value is -2.94. The third-order valence-corrected chi connectivity index (χ3v) is 5.74. The van der Waals surface area contributed by atoms with Crippen molar-refractivity contribution in [2.24, 2.45) is 0 Å². The van der Waals surface area contributed by atoms with Crippen LogP contribution < -0.4 is 4.90 Å². The molecule has 0 radical (unpaired) electrons. The van der Waals surface area contributed by atoms with Crippen molar-refractivity contribution in [3.8, 4) is 11.4 Å². The molecular formula is C23H20BrF3N4O. The van der Waals surface area contributed by atoms with Gasteiger partial charge in [0.15, 0.2) is 5.82 Å². The van der Waals surface area contributed by atoms with Crippen LogP contribution in [-0.2, 0) is 6.18 Å². The van der Waals surface area contributed by atoms with Crippen molar-refractivity contribution in [3.63, 3.8) is 0 Å². The molecule has 1 aliphatic heterocycles. The summed E-state index contributed by atoms with van der Waals surface area (Å²) in [7, 11) is 0. The van der Waals surface area contributed by atoms with E-state index in [9.17, 15) is 18.0 Å². The van der Waals surface area contributed by atoms with Crippen molar-refractivity contribution >= 4 is 27.7 Å². The molecule has 0 saturated carbocycles. The third-order valence-electron chi connectivity index (χ3n) is 5.25. The van der Waals surface area contributed by atoms with E-state index in [2.05, 4.69) is 25.9 Å². The number of carbonyl (C=O) groups excluding carboxylic acids is 1. The highest BCUT2D eigenvalue weighted by Crippen LogP contribution is 2.32. The molecule has 1 aromatic heterocycles. The summed E-state index contributed by atoms with van der Waals surface area (Å²) in [5.74, 6) is 0.854. The van der Waals surface area contributed by atoms with Crippen LogP contribution in [0.15, 0.2) is 59.1 Å². The Morgan fingerprint density at radius 3 is 2.38 bits per heavy atom. The van der Waals surface area contributed by atoms with Crippen LogP contribution in [0, 0.1) is 6.92 Å². The summed E-state index contributed by atoms with van der Waals surface area (Å²) in [5, 5.41) is 0. The van der Waals surface area contributed by atoms with Gasteiger partial charge < -0.3 is 9.80 Å². The lowest BCUT2D eigenvalue weighted by atomic mass is 10.1. The molecule has 1 amide bonds. The molecule has 1 saturated heterocycles. The maximum Gasteiger partial charge on any atom is 0.416 e. The molecule has 2 heterocycles. The molecule has 0 N–H and O–H groups in total. The second-order valence-corrected chi connectivity index (χ2v) is 8.47. The Kier molecular flexibility index (Phi) is 6.19. The molecule has 32 heavy (non-hydrogen) atoms. The van der Waals surface area contributed by atoms with E-state index in [1.54, 1.807) is 30.0 Å². The van der Waals surface area contributed by atoms with Crippen LogP contribution in [0.1, 0.15) is 21.6 Å². The maximum absolute atomic E-state index is 13.1. The predicted molar refractivity (Wildman–Crippen MR) is 119 cm³/mol. The highest BCUT2D eigenvalue weighted by atomic mass is 79.9. The van der Waals surface area contributed by atoms with E-state index in [0.717, 1.165) is 16.6 Å². The van der Waals surface area contributed by atoms with Crippen LogP contribution in [0.5, 0.6) is 0 Å². The molecule has 5 nitrogen and oxygen atoms in total. The van der Waals surface area contributed by atoms with Crippen LogP contribution in [0.2, 0.25) is 0 Å². The van der Waals surface area contributed by atoms with Gasteiger partial charge in [0, 0.05) is 53.5 Å². The van der Waals surface area contributed by atoms with Crippen LogP contribution in [0.3, 0.4) is 0 Å². The first-order valence-corrected chi connectivity index (χ1v) is 10.8. The Balaban J connectivity index is 1.51. The van der Waals surface area contributed by atoms with Crippen LogP contribution >= 0.6 is 15.9 Å². The molecule has 4 rings (SSSR count). The number of rotatable bonds is 3. The van der Waals surface area contributed by atoms with Gasteiger partial charge in [-0.05, 0) is 37.3 Å². The normalized spacial score (nSPS) is 14.5. The summed E-state index contributed by atoms with van der Waals surface area (Å²) in [6.45, 7) is 3.96. The van der Waals surface area contributed by atoms with Gasteiger partial charge in [-0.3, -0.25) is 4.79 Å². The van der Waals surface area contributed by atoms with E-state index in [0.29, 0.717) is 48.8 Å². The van der Waals surface area contributed by atoms with Gasteiger partial charge in [-0.2, -0.15) is 13.2 Å². The molecule has 0 aliphatic carbocycles. The summed E-state index contributed by atoms with van der Waals surface area (Å²) < 4.78 is 40.1. The molecular weight excluding hydrogens is 485 g/mol. The number of piperazine rings is 1. The molecule has 1 aliphatic rings. The SMILES string of the molecule is Cc1cc(N2CCN(C(=O)c3cccc(Br)c3)CC2)nc(-c2cccc(C(F)(F)F)c2)n1. The number of hydrogen-bond acceptors (Lipinski definition) is 4. The van der Waals surface area contributed by atoms with Crippen molar-refractivity contribution in [3.05, 3.63) is 75.9 Å². The van der Waals surface area contributed by atoms with Gasteiger partial charge in [0.25, 0.3) is 5.91 Å². The maximum atomic E-state index is 13.1. The van der Waals surface area contributed by atoms with Crippen molar-refractivity contribution in [2.75, 3.05) is 31.1 Å². The van der Waals surface area contributed by atoms with Crippen molar-refractivity contribution < 1.29 is 18.0 Å². The molecule has 0 unspecified atom stereocenters. The smallest absolute Gasteiger partial charge is 0.353 e. The summed E-state index contributed by atoms with van der Waals surface area (Å²) >= 11 is 3.39. The third kappa shape index (κ3) is 4.93. The fraction of sp³-hybridized carbons (Fsp3) is 0.261. The second-order valence-electron chi connectivity index (χ2n) is 7.56. The van der Waals surface area contributed by atoms with Crippen LogP contribution in [0.4, 0.5) is 19.0 Å². The molecule has 3 aromatic rings. The van der Waals surface area contributed by atoms with E-state index in [4.69, 9.17) is 0 Å². The van der Waals surface area contributed by atoms with E-state index >= 15 is 0 Å². The number of nitrogens with zero attached hydrogens (tertiary/aromatic N) is 4. The zero-order chi connectivity index (χ0) is 22.9. The summed E-state index contributed by atoms with van der Waals surface area (Å²) in [6.07, 6.45) is -4.43. The Morgan fingerprint density at radius 2 is 1.69 bits per heavy atom. The number of carbonyl (C=O) groups is 1. The lowest BCUT2D eigenvalue weighted by Crippen LogP contribution is -2.49. The number of aromatic nitrogens is 2. The van der Waals surface area contributed by atoms with E-state index in [-0.39, 0.29) is 11.7 Å². The summed E-state index contributed by atoms with van der Waals surface area (Å²) in [6, 6.07) is 14.1. The van der Waals surface area contributed by atoms with Crippen molar-refractivity contribution in [1.82, 2.24) is 14.9 Å². The molecule has 0 bridgehead atoms. The largest absolute Gasteiger partial charge is 0.416 e. The van der Waals surface area contributed by atoms with E-state index < -0.39 is 11.7 Å². The van der Waals surface area contributed by atoms with Gasteiger partial charge in [-0.25, -0.2) is 9.97 Å². The molecule has 166 valence electrons. The first-order chi connectivity index (χ1) is 15.2. The van der Waals surface area contributed by atoms with Gasteiger partial charge >= 0.3 is 6.18 Å². The van der Waals surface area contributed by atoms with Crippen molar-refractivity contribution in [1.29, 1.82) is 0 Å². The molecule has 0 atom stereocenters. The van der Waals surface area contributed by atoms with Gasteiger partial charge in [-0.1, -0.05) is 34.1 Å². The number of benzene rings is 2.